The van der Waals surface area contributed by atoms with Crippen molar-refractivity contribution in [1.82, 2.24) is 5.32 Å². The molecule has 0 saturated heterocycles. The van der Waals surface area contributed by atoms with E-state index in [-0.39, 0.29) is 17.8 Å². The van der Waals surface area contributed by atoms with Crippen molar-refractivity contribution in [3.05, 3.63) is 65.0 Å². The number of para-hydroxylation sites is 1. The maximum absolute atomic E-state index is 13.6. The summed E-state index contributed by atoms with van der Waals surface area (Å²) >= 11 is 0. The van der Waals surface area contributed by atoms with E-state index in [0.717, 1.165) is 11.3 Å². The molecule has 21 heavy (non-hydrogen) atoms. The van der Waals surface area contributed by atoms with Gasteiger partial charge < -0.3 is 10.1 Å². The van der Waals surface area contributed by atoms with Crippen LogP contribution in [0.4, 0.5) is 4.39 Å². The number of carbonyl (C=O) groups excluding carboxylic acids is 1. The Morgan fingerprint density at radius 3 is 2.90 bits per heavy atom. The van der Waals surface area contributed by atoms with E-state index in [2.05, 4.69) is 5.32 Å². The highest BCUT2D eigenvalue weighted by atomic mass is 19.1. The molecule has 1 amide bonds. The fraction of sp³-hybridized carbons (Fsp3) is 0.235. The summed E-state index contributed by atoms with van der Waals surface area (Å²) in [7, 11) is 0. The van der Waals surface area contributed by atoms with E-state index in [4.69, 9.17) is 4.74 Å². The second-order valence-electron chi connectivity index (χ2n) is 5.16. The Morgan fingerprint density at radius 2 is 2.10 bits per heavy atom. The van der Waals surface area contributed by atoms with Gasteiger partial charge in [-0.3, -0.25) is 4.79 Å². The van der Waals surface area contributed by atoms with E-state index in [1.807, 2.05) is 24.3 Å². The summed E-state index contributed by atoms with van der Waals surface area (Å²) in [6.45, 7) is 2.23. The second kappa shape index (κ2) is 5.56. The van der Waals surface area contributed by atoms with Gasteiger partial charge in [0.2, 0.25) is 0 Å². The van der Waals surface area contributed by atoms with E-state index in [9.17, 15) is 9.18 Å². The average Bonchev–Trinajstić information content (AvgIpc) is 2.50. The molecule has 0 radical (unpaired) electrons. The van der Waals surface area contributed by atoms with Crippen LogP contribution in [-0.2, 0) is 0 Å². The van der Waals surface area contributed by atoms with Crippen molar-refractivity contribution < 1.29 is 13.9 Å². The Morgan fingerprint density at radius 1 is 1.29 bits per heavy atom. The maximum Gasteiger partial charge on any atom is 0.251 e. The molecule has 1 aliphatic rings. The minimum absolute atomic E-state index is 0.105. The summed E-state index contributed by atoms with van der Waals surface area (Å²) in [4.78, 5) is 12.3. The first-order valence-corrected chi connectivity index (χ1v) is 6.94. The number of aryl methyl sites for hydroxylation is 1. The van der Waals surface area contributed by atoms with Crippen LogP contribution in [0.3, 0.4) is 0 Å². The van der Waals surface area contributed by atoms with Gasteiger partial charge in [0.1, 0.15) is 11.6 Å². The Labute approximate surface area is 122 Å². The number of benzene rings is 2. The number of rotatable bonds is 2. The molecule has 4 heteroatoms. The van der Waals surface area contributed by atoms with E-state index >= 15 is 0 Å². The molecule has 2 aromatic carbocycles. The smallest absolute Gasteiger partial charge is 0.251 e. The topological polar surface area (TPSA) is 38.3 Å². The molecule has 0 aromatic heterocycles. The van der Waals surface area contributed by atoms with Gasteiger partial charge in [-0.2, -0.15) is 0 Å². The molecule has 1 unspecified atom stereocenters. The van der Waals surface area contributed by atoms with Crippen LogP contribution in [0.2, 0.25) is 0 Å². The third-order valence-corrected chi connectivity index (χ3v) is 3.70. The molecule has 3 nitrogen and oxygen atoms in total. The van der Waals surface area contributed by atoms with Crippen LogP contribution in [0.25, 0.3) is 0 Å². The lowest BCUT2D eigenvalue weighted by Crippen LogP contribution is -2.32. The van der Waals surface area contributed by atoms with Crippen LogP contribution in [-0.4, -0.2) is 12.5 Å². The minimum Gasteiger partial charge on any atom is -0.493 e. The summed E-state index contributed by atoms with van der Waals surface area (Å²) in [6, 6.07) is 12.1. The summed E-state index contributed by atoms with van der Waals surface area (Å²) in [6.07, 6.45) is 0.705. The second-order valence-corrected chi connectivity index (χ2v) is 5.16. The van der Waals surface area contributed by atoms with Crippen molar-refractivity contribution in [3.63, 3.8) is 0 Å². The molecular weight excluding hydrogens is 269 g/mol. The summed E-state index contributed by atoms with van der Waals surface area (Å²) < 4.78 is 19.1. The highest BCUT2D eigenvalue weighted by Gasteiger charge is 2.23. The SMILES string of the molecule is Cc1ccc(C(=O)NC2CCOc3ccccc32)cc1F. The maximum atomic E-state index is 13.6. The van der Waals surface area contributed by atoms with Gasteiger partial charge in [-0.05, 0) is 30.7 Å². The van der Waals surface area contributed by atoms with Crippen LogP contribution in [0.5, 0.6) is 5.75 Å². The minimum atomic E-state index is -0.366. The first-order valence-electron chi connectivity index (χ1n) is 6.94. The van der Waals surface area contributed by atoms with Crippen molar-refractivity contribution >= 4 is 5.91 Å². The third-order valence-electron chi connectivity index (χ3n) is 3.70. The number of halogens is 1. The first kappa shape index (κ1) is 13.6. The predicted molar refractivity (Wildman–Crippen MR) is 77.9 cm³/mol. The van der Waals surface area contributed by atoms with Crippen LogP contribution in [0.15, 0.2) is 42.5 Å². The van der Waals surface area contributed by atoms with E-state index in [1.54, 1.807) is 19.1 Å². The molecular formula is C17H16FNO2. The lowest BCUT2D eigenvalue weighted by atomic mass is 10.00. The molecule has 0 aliphatic carbocycles. The largest absolute Gasteiger partial charge is 0.493 e. The lowest BCUT2D eigenvalue weighted by molar-refractivity contribution is 0.0924. The zero-order chi connectivity index (χ0) is 14.8. The number of hydrogen-bond acceptors (Lipinski definition) is 2. The number of amides is 1. The highest BCUT2D eigenvalue weighted by Crippen LogP contribution is 2.31. The Hall–Kier alpha value is -2.36. The molecule has 0 bridgehead atoms. The summed E-state index contributed by atoms with van der Waals surface area (Å²) in [5.41, 5.74) is 1.83. The fourth-order valence-corrected chi connectivity index (χ4v) is 2.47. The van der Waals surface area contributed by atoms with Crippen molar-refractivity contribution in [2.24, 2.45) is 0 Å². The molecule has 1 N–H and O–H groups in total. The molecule has 0 saturated carbocycles. The van der Waals surface area contributed by atoms with Crippen LogP contribution < -0.4 is 10.1 Å². The zero-order valence-electron chi connectivity index (χ0n) is 11.7. The van der Waals surface area contributed by atoms with Gasteiger partial charge >= 0.3 is 0 Å². The number of ether oxygens (including phenoxy) is 1. The Balaban J connectivity index is 1.81. The van der Waals surface area contributed by atoms with Gasteiger partial charge in [-0.15, -0.1) is 0 Å². The Kier molecular flexibility index (Phi) is 3.60. The van der Waals surface area contributed by atoms with Gasteiger partial charge in [-0.1, -0.05) is 24.3 Å². The molecule has 0 fully saturated rings. The normalized spacial score (nSPS) is 16.8. The molecule has 1 heterocycles. The average molecular weight is 285 g/mol. The first-order chi connectivity index (χ1) is 10.1. The Bertz CT molecular complexity index is 684. The quantitative estimate of drug-likeness (QED) is 0.918. The van der Waals surface area contributed by atoms with Crippen molar-refractivity contribution in [1.29, 1.82) is 0 Å². The third kappa shape index (κ3) is 2.75. The van der Waals surface area contributed by atoms with Gasteiger partial charge in [-0.25, -0.2) is 4.39 Å². The fourth-order valence-electron chi connectivity index (χ4n) is 2.47. The van der Waals surface area contributed by atoms with Crippen molar-refractivity contribution in [2.45, 2.75) is 19.4 Å². The van der Waals surface area contributed by atoms with E-state index in [1.165, 1.54) is 6.07 Å². The van der Waals surface area contributed by atoms with Crippen LogP contribution in [0.1, 0.15) is 33.9 Å². The lowest BCUT2D eigenvalue weighted by Gasteiger charge is -2.26. The number of hydrogen-bond donors (Lipinski definition) is 1. The standard InChI is InChI=1S/C17H16FNO2/c1-11-6-7-12(10-14(11)18)17(20)19-15-8-9-21-16-5-3-2-4-13(15)16/h2-7,10,15H,8-9H2,1H3,(H,19,20). The number of carbonyl (C=O) groups is 1. The van der Waals surface area contributed by atoms with Crippen molar-refractivity contribution in [3.8, 4) is 5.75 Å². The molecule has 108 valence electrons. The molecule has 1 atom stereocenters. The zero-order valence-corrected chi connectivity index (χ0v) is 11.7. The molecule has 0 spiro atoms. The summed E-state index contributed by atoms with van der Waals surface area (Å²) in [5, 5.41) is 2.95. The van der Waals surface area contributed by atoms with E-state index < -0.39 is 0 Å². The number of fused-ring (bicyclic) bond motifs is 1. The van der Waals surface area contributed by atoms with Crippen LogP contribution in [0, 0.1) is 12.7 Å². The van der Waals surface area contributed by atoms with Gasteiger partial charge in [0.25, 0.3) is 5.91 Å². The van der Waals surface area contributed by atoms with Gasteiger partial charge in [0.05, 0.1) is 12.6 Å². The highest BCUT2D eigenvalue weighted by molar-refractivity contribution is 5.94. The van der Waals surface area contributed by atoms with Crippen LogP contribution >= 0.6 is 0 Å². The molecule has 2 aromatic rings. The molecule has 1 aliphatic heterocycles. The monoisotopic (exact) mass is 285 g/mol. The molecule has 3 rings (SSSR count). The van der Waals surface area contributed by atoms with E-state index in [0.29, 0.717) is 24.2 Å². The van der Waals surface area contributed by atoms with Gasteiger partial charge in [0.15, 0.2) is 0 Å². The number of nitrogens with one attached hydrogen (secondary N) is 1. The predicted octanol–water partition coefficient (Wildman–Crippen LogP) is 3.39. The summed E-state index contributed by atoms with van der Waals surface area (Å²) in [5.74, 6) is 0.162. The van der Waals surface area contributed by atoms with Crippen molar-refractivity contribution in [2.75, 3.05) is 6.61 Å². The van der Waals surface area contributed by atoms with Gasteiger partial charge in [0, 0.05) is 17.5 Å².